The zero-order chi connectivity index (χ0) is 20.5. The standard InChI is InChI=1S/C20H29N5O3/c1-13(2)25-17-14(12-22-25)10-15(11-21-17)18(26)23-16-6-8-24(9-7-16)19(27)28-20(3,4)5/h10-13,16H,6-9H2,1-5H3,(H,23,26). The molecule has 0 bridgehead atoms. The van der Waals surface area contributed by atoms with E-state index >= 15 is 0 Å². The van der Waals surface area contributed by atoms with E-state index in [1.165, 1.54) is 0 Å². The second-order valence-corrected chi connectivity index (χ2v) is 8.53. The number of hydrogen-bond donors (Lipinski definition) is 1. The molecule has 0 aliphatic carbocycles. The number of hydrogen-bond acceptors (Lipinski definition) is 5. The zero-order valence-electron chi connectivity index (χ0n) is 17.2. The smallest absolute Gasteiger partial charge is 0.410 e. The second kappa shape index (κ2) is 7.77. The van der Waals surface area contributed by atoms with Crippen molar-refractivity contribution in [2.45, 2.75) is 65.1 Å². The first-order chi connectivity index (χ1) is 13.1. The van der Waals surface area contributed by atoms with Gasteiger partial charge in [0.2, 0.25) is 0 Å². The summed E-state index contributed by atoms with van der Waals surface area (Å²) in [5.41, 5.74) is 0.791. The number of rotatable bonds is 3. The summed E-state index contributed by atoms with van der Waals surface area (Å²) in [5, 5.41) is 8.23. The van der Waals surface area contributed by atoms with Crippen molar-refractivity contribution in [1.29, 1.82) is 0 Å². The Morgan fingerprint density at radius 3 is 2.50 bits per heavy atom. The van der Waals surface area contributed by atoms with Crippen LogP contribution in [-0.4, -0.2) is 56.4 Å². The summed E-state index contributed by atoms with van der Waals surface area (Å²) in [6.07, 6.45) is 4.43. The second-order valence-electron chi connectivity index (χ2n) is 8.53. The number of carbonyl (C=O) groups excluding carboxylic acids is 2. The number of ether oxygens (including phenoxy) is 1. The SMILES string of the molecule is CC(C)n1ncc2cc(C(=O)NC3CCN(C(=O)OC(C)(C)C)CC3)cnc21. The summed E-state index contributed by atoms with van der Waals surface area (Å²) in [6, 6.07) is 2.06. The molecular formula is C20H29N5O3. The van der Waals surface area contributed by atoms with E-state index < -0.39 is 5.60 Å². The van der Waals surface area contributed by atoms with E-state index in [1.54, 1.807) is 17.3 Å². The van der Waals surface area contributed by atoms with Crippen molar-refractivity contribution in [3.63, 3.8) is 0 Å². The molecule has 0 unspecified atom stereocenters. The van der Waals surface area contributed by atoms with Crippen LogP contribution in [0.1, 0.15) is 63.9 Å². The third-order valence-corrected chi connectivity index (χ3v) is 4.67. The summed E-state index contributed by atoms with van der Waals surface area (Å²) in [4.78, 5) is 30.9. The predicted octanol–water partition coefficient (Wildman–Crippen LogP) is 3.14. The van der Waals surface area contributed by atoms with Gasteiger partial charge < -0.3 is 15.0 Å². The van der Waals surface area contributed by atoms with Gasteiger partial charge in [0.15, 0.2) is 5.65 Å². The van der Waals surface area contributed by atoms with E-state index in [0.717, 1.165) is 11.0 Å². The number of amides is 2. The van der Waals surface area contributed by atoms with Gasteiger partial charge in [0, 0.05) is 36.8 Å². The van der Waals surface area contributed by atoms with Gasteiger partial charge in [-0.25, -0.2) is 14.5 Å². The van der Waals surface area contributed by atoms with E-state index in [1.807, 2.05) is 45.4 Å². The highest BCUT2D eigenvalue weighted by Crippen LogP contribution is 2.18. The Bertz CT molecular complexity index is 860. The molecule has 1 aliphatic rings. The fraction of sp³-hybridized carbons (Fsp3) is 0.600. The summed E-state index contributed by atoms with van der Waals surface area (Å²) in [6.45, 7) is 10.8. The van der Waals surface area contributed by atoms with Gasteiger partial charge in [-0.2, -0.15) is 5.10 Å². The van der Waals surface area contributed by atoms with Gasteiger partial charge in [0.1, 0.15) is 5.60 Å². The van der Waals surface area contributed by atoms with Crippen LogP contribution in [0.4, 0.5) is 4.79 Å². The van der Waals surface area contributed by atoms with E-state index in [0.29, 0.717) is 31.5 Å². The van der Waals surface area contributed by atoms with E-state index in [-0.39, 0.29) is 24.1 Å². The van der Waals surface area contributed by atoms with E-state index in [2.05, 4.69) is 15.4 Å². The molecule has 2 aromatic rings. The molecule has 28 heavy (non-hydrogen) atoms. The molecule has 8 nitrogen and oxygen atoms in total. The number of carbonyl (C=O) groups is 2. The normalized spacial score (nSPS) is 15.9. The van der Waals surface area contributed by atoms with Gasteiger partial charge in [0.05, 0.1) is 11.8 Å². The molecule has 0 saturated carbocycles. The third-order valence-electron chi connectivity index (χ3n) is 4.67. The Hall–Kier alpha value is -2.64. The molecule has 1 aliphatic heterocycles. The largest absolute Gasteiger partial charge is 0.444 e. The van der Waals surface area contributed by atoms with Gasteiger partial charge in [-0.05, 0) is 53.5 Å². The van der Waals surface area contributed by atoms with Crippen molar-refractivity contribution in [2.75, 3.05) is 13.1 Å². The summed E-state index contributed by atoms with van der Waals surface area (Å²) >= 11 is 0. The van der Waals surface area contributed by atoms with Crippen LogP contribution in [0.25, 0.3) is 11.0 Å². The lowest BCUT2D eigenvalue weighted by Gasteiger charge is -2.33. The van der Waals surface area contributed by atoms with Crippen LogP contribution in [-0.2, 0) is 4.74 Å². The number of fused-ring (bicyclic) bond motifs is 1. The van der Waals surface area contributed by atoms with E-state index in [4.69, 9.17) is 4.74 Å². The maximum absolute atomic E-state index is 12.6. The van der Waals surface area contributed by atoms with Gasteiger partial charge in [-0.1, -0.05) is 0 Å². The first-order valence-corrected chi connectivity index (χ1v) is 9.76. The summed E-state index contributed by atoms with van der Waals surface area (Å²) in [5.74, 6) is -0.151. The van der Waals surface area contributed by atoms with Crippen LogP contribution in [0.5, 0.6) is 0 Å². The van der Waals surface area contributed by atoms with Crippen LogP contribution >= 0.6 is 0 Å². The molecular weight excluding hydrogens is 358 g/mol. The molecule has 1 saturated heterocycles. The number of nitrogens with zero attached hydrogens (tertiary/aromatic N) is 4. The highest BCUT2D eigenvalue weighted by Gasteiger charge is 2.27. The maximum Gasteiger partial charge on any atom is 0.410 e. The summed E-state index contributed by atoms with van der Waals surface area (Å²) < 4.78 is 7.24. The maximum atomic E-state index is 12.6. The third kappa shape index (κ3) is 4.61. The first kappa shape index (κ1) is 20.1. The fourth-order valence-corrected chi connectivity index (χ4v) is 3.24. The number of piperidine rings is 1. The molecule has 1 fully saturated rings. The van der Waals surface area contributed by atoms with E-state index in [9.17, 15) is 9.59 Å². The lowest BCUT2D eigenvalue weighted by Crippen LogP contribution is -2.47. The van der Waals surface area contributed by atoms with Gasteiger partial charge >= 0.3 is 6.09 Å². The van der Waals surface area contributed by atoms with Crippen LogP contribution < -0.4 is 5.32 Å². The Balaban J connectivity index is 1.57. The minimum Gasteiger partial charge on any atom is -0.444 e. The number of aromatic nitrogens is 3. The topological polar surface area (TPSA) is 89.4 Å². The number of nitrogens with one attached hydrogen (secondary N) is 1. The molecule has 2 amide bonds. The van der Waals surface area contributed by atoms with Crippen molar-refractivity contribution in [2.24, 2.45) is 0 Å². The molecule has 3 rings (SSSR count). The molecule has 152 valence electrons. The fourth-order valence-electron chi connectivity index (χ4n) is 3.24. The molecule has 0 radical (unpaired) electrons. The Morgan fingerprint density at radius 2 is 1.89 bits per heavy atom. The summed E-state index contributed by atoms with van der Waals surface area (Å²) in [7, 11) is 0. The molecule has 0 atom stereocenters. The van der Waals surface area contributed by atoms with Crippen LogP contribution in [0.15, 0.2) is 18.5 Å². The monoisotopic (exact) mass is 387 g/mol. The average molecular weight is 387 g/mol. The quantitative estimate of drug-likeness (QED) is 0.874. The minimum absolute atomic E-state index is 0.0280. The van der Waals surface area contributed by atoms with Crippen molar-refractivity contribution < 1.29 is 14.3 Å². The lowest BCUT2D eigenvalue weighted by molar-refractivity contribution is 0.0199. The zero-order valence-corrected chi connectivity index (χ0v) is 17.2. The molecule has 0 aromatic carbocycles. The van der Waals surface area contributed by atoms with Crippen LogP contribution in [0.3, 0.4) is 0 Å². The highest BCUT2D eigenvalue weighted by molar-refractivity contribution is 5.97. The number of pyridine rings is 1. The molecule has 0 spiro atoms. The lowest BCUT2D eigenvalue weighted by atomic mass is 10.0. The average Bonchev–Trinajstić information content (AvgIpc) is 3.04. The highest BCUT2D eigenvalue weighted by atomic mass is 16.6. The first-order valence-electron chi connectivity index (χ1n) is 9.76. The van der Waals surface area contributed by atoms with Crippen LogP contribution in [0, 0.1) is 0 Å². The Labute approximate surface area is 165 Å². The predicted molar refractivity (Wildman–Crippen MR) is 106 cm³/mol. The van der Waals surface area contributed by atoms with Crippen molar-refractivity contribution in [3.8, 4) is 0 Å². The Kier molecular flexibility index (Phi) is 5.58. The Morgan fingerprint density at radius 1 is 1.21 bits per heavy atom. The molecule has 2 aromatic heterocycles. The van der Waals surface area contributed by atoms with Crippen LogP contribution in [0.2, 0.25) is 0 Å². The van der Waals surface area contributed by atoms with Crippen molar-refractivity contribution >= 4 is 23.0 Å². The molecule has 8 heteroatoms. The molecule has 3 heterocycles. The van der Waals surface area contributed by atoms with Gasteiger partial charge in [-0.15, -0.1) is 0 Å². The van der Waals surface area contributed by atoms with Gasteiger partial charge in [-0.3, -0.25) is 4.79 Å². The minimum atomic E-state index is -0.503. The molecule has 1 N–H and O–H groups in total. The van der Waals surface area contributed by atoms with Gasteiger partial charge in [0.25, 0.3) is 5.91 Å². The van der Waals surface area contributed by atoms with Crippen molar-refractivity contribution in [3.05, 3.63) is 24.0 Å². The van der Waals surface area contributed by atoms with Crippen molar-refractivity contribution in [1.82, 2.24) is 25.0 Å². The number of likely N-dealkylation sites (tertiary alicyclic amines) is 1.